The van der Waals surface area contributed by atoms with Crippen LogP contribution in [0.5, 0.6) is 0 Å². The summed E-state index contributed by atoms with van der Waals surface area (Å²) in [6.07, 6.45) is 5.82. The normalized spacial score (nSPS) is 28.3. The van der Waals surface area contributed by atoms with E-state index >= 15 is 0 Å². The van der Waals surface area contributed by atoms with Gasteiger partial charge >= 0.3 is 0 Å². The number of nitrogens with one attached hydrogen (secondary N) is 1. The molecule has 0 spiro atoms. The molecule has 2 atom stereocenters. The number of piperidine rings is 1. The van der Waals surface area contributed by atoms with Gasteiger partial charge in [0.2, 0.25) is 0 Å². The van der Waals surface area contributed by atoms with Crippen LogP contribution < -0.4 is 5.32 Å². The van der Waals surface area contributed by atoms with Crippen LogP contribution in [0.25, 0.3) is 0 Å². The van der Waals surface area contributed by atoms with Gasteiger partial charge in [0.25, 0.3) is 0 Å². The summed E-state index contributed by atoms with van der Waals surface area (Å²) >= 11 is 0. The summed E-state index contributed by atoms with van der Waals surface area (Å²) in [6.45, 7) is 10.4. The summed E-state index contributed by atoms with van der Waals surface area (Å²) in [4.78, 5) is 2.49. The first-order valence-electron chi connectivity index (χ1n) is 8.92. The number of nitrogens with zero attached hydrogens (tertiary/aromatic N) is 4. The van der Waals surface area contributed by atoms with Crippen molar-refractivity contribution in [1.82, 2.24) is 25.2 Å². The summed E-state index contributed by atoms with van der Waals surface area (Å²) in [5, 5.41) is 12.1. The topological polar surface area (TPSA) is 55.2 Å². The monoisotopic (exact) mass is 321 g/mol. The molecule has 1 N–H and O–H groups in total. The van der Waals surface area contributed by atoms with Crippen LogP contribution in [0.15, 0.2) is 6.20 Å². The SMILES string of the molecule is CN1CCCC(C)(C)C1CNCc1cn(CC2CCOC2)nn1. The Balaban J connectivity index is 1.46. The van der Waals surface area contributed by atoms with Crippen molar-refractivity contribution in [3.8, 4) is 0 Å². The highest BCUT2D eigenvalue weighted by Gasteiger charge is 2.35. The van der Waals surface area contributed by atoms with Crippen LogP contribution in [-0.2, 0) is 17.8 Å². The third-order valence-electron chi connectivity index (χ3n) is 5.47. The van der Waals surface area contributed by atoms with Crippen LogP contribution in [0, 0.1) is 11.3 Å². The van der Waals surface area contributed by atoms with E-state index in [9.17, 15) is 0 Å². The average Bonchev–Trinajstić information content (AvgIpc) is 3.14. The molecule has 3 heterocycles. The van der Waals surface area contributed by atoms with Gasteiger partial charge in [0, 0.05) is 44.4 Å². The van der Waals surface area contributed by atoms with E-state index in [1.54, 1.807) is 0 Å². The number of rotatable bonds is 6. The van der Waals surface area contributed by atoms with Gasteiger partial charge in [0.05, 0.1) is 12.3 Å². The highest BCUT2D eigenvalue weighted by Crippen LogP contribution is 2.33. The van der Waals surface area contributed by atoms with Gasteiger partial charge in [-0.3, -0.25) is 4.68 Å². The van der Waals surface area contributed by atoms with Gasteiger partial charge in [-0.15, -0.1) is 5.10 Å². The van der Waals surface area contributed by atoms with Crippen molar-refractivity contribution < 1.29 is 4.74 Å². The van der Waals surface area contributed by atoms with Crippen molar-refractivity contribution >= 4 is 0 Å². The molecule has 0 saturated carbocycles. The quantitative estimate of drug-likeness (QED) is 0.861. The zero-order valence-corrected chi connectivity index (χ0v) is 14.8. The van der Waals surface area contributed by atoms with Crippen LogP contribution in [0.1, 0.15) is 38.8 Å². The van der Waals surface area contributed by atoms with Crippen molar-refractivity contribution in [2.75, 3.05) is 33.4 Å². The molecule has 2 fully saturated rings. The maximum absolute atomic E-state index is 5.42. The fourth-order valence-electron chi connectivity index (χ4n) is 3.97. The van der Waals surface area contributed by atoms with Crippen molar-refractivity contribution in [2.45, 2.75) is 52.2 Å². The van der Waals surface area contributed by atoms with Gasteiger partial charge < -0.3 is 15.0 Å². The number of hydrogen-bond acceptors (Lipinski definition) is 5. The molecule has 0 amide bonds. The number of likely N-dealkylation sites (N-methyl/N-ethyl adjacent to an activating group) is 1. The van der Waals surface area contributed by atoms with Crippen LogP contribution in [0.3, 0.4) is 0 Å². The predicted octanol–water partition coefficient (Wildman–Crippen LogP) is 1.52. The fourth-order valence-corrected chi connectivity index (χ4v) is 3.97. The Morgan fingerprint density at radius 3 is 3.04 bits per heavy atom. The van der Waals surface area contributed by atoms with Gasteiger partial charge in [-0.2, -0.15) is 0 Å². The van der Waals surface area contributed by atoms with Crippen molar-refractivity contribution in [2.24, 2.45) is 11.3 Å². The van der Waals surface area contributed by atoms with E-state index in [-0.39, 0.29) is 0 Å². The lowest BCUT2D eigenvalue weighted by molar-refractivity contribution is 0.0580. The van der Waals surface area contributed by atoms with Crippen molar-refractivity contribution in [3.05, 3.63) is 11.9 Å². The number of hydrogen-bond donors (Lipinski definition) is 1. The maximum atomic E-state index is 5.42. The Kier molecular flexibility index (Phi) is 5.34. The molecule has 0 aliphatic carbocycles. The summed E-state index contributed by atoms with van der Waals surface area (Å²) in [6, 6.07) is 0.585. The maximum Gasteiger partial charge on any atom is 0.0964 e. The summed E-state index contributed by atoms with van der Waals surface area (Å²) in [5.74, 6) is 0.592. The Labute approximate surface area is 139 Å². The second kappa shape index (κ2) is 7.28. The molecule has 0 bridgehead atoms. The molecule has 2 unspecified atom stereocenters. The Hall–Kier alpha value is -0.980. The van der Waals surface area contributed by atoms with Gasteiger partial charge in [-0.05, 0) is 38.3 Å². The first-order chi connectivity index (χ1) is 11.0. The lowest BCUT2D eigenvalue weighted by Crippen LogP contribution is -2.52. The molecular formula is C17H31N5O. The third kappa shape index (κ3) is 4.31. The molecule has 130 valence electrons. The largest absolute Gasteiger partial charge is 0.381 e. The van der Waals surface area contributed by atoms with E-state index < -0.39 is 0 Å². The fraction of sp³-hybridized carbons (Fsp3) is 0.882. The molecule has 6 heteroatoms. The minimum Gasteiger partial charge on any atom is -0.381 e. The molecule has 2 aliphatic heterocycles. The molecule has 2 aliphatic rings. The van der Waals surface area contributed by atoms with E-state index in [1.165, 1.54) is 19.4 Å². The molecule has 2 saturated heterocycles. The minimum atomic E-state index is 0.375. The summed E-state index contributed by atoms with van der Waals surface area (Å²) in [7, 11) is 2.24. The highest BCUT2D eigenvalue weighted by molar-refractivity contribution is 4.94. The number of likely N-dealkylation sites (tertiary alicyclic amines) is 1. The predicted molar refractivity (Wildman–Crippen MR) is 90.1 cm³/mol. The van der Waals surface area contributed by atoms with Gasteiger partial charge in [-0.1, -0.05) is 19.1 Å². The van der Waals surface area contributed by atoms with E-state index in [0.717, 1.165) is 45.0 Å². The molecule has 1 aromatic heterocycles. The molecule has 0 aromatic carbocycles. The average molecular weight is 321 g/mol. The summed E-state index contributed by atoms with van der Waals surface area (Å²) < 4.78 is 7.38. The van der Waals surface area contributed by atoms with Crippen LogP contribution >= 0.6 is 0 Å². The van der Waals surface area contributed by atoms with Crippen LogP contribution in [0.4, 0.5) is 0 Å². The second-order valence-electron chi connectivity index (χ2n) is 7.88. The lowest BCUT2D eigenvalue weighted by atomic mass is 9.76. The van der Waals surface area contributed by atoms with Crippen LogP contribution in [-0.4, -0.2) is 59.3 Å². The smallest absolute Gasteiger partial charge is 0.0964 e. The van der Waals surface area contributed by atoms with Crippen molar-refractivity contribution in [3.63, 3.8) is 0 Å². The number of aromatic nitrogens is 3. The zero-order valence-electron chi connectivity index (χ0n) is 14.8. The molecule has 3 rings (SSSR count). The number of ether oxygens (including phenoxy) is 1. The summed E-state index contributed by atoms with van der Waals surface area (Å²) in [5.41, 5.74) is 1.40. The Bertz CT molecular complexity index is 495. The third-order valence-corrected chi connectivity index (χ3v) is 5.47. The van der Waals surface area contributed by atoms with E-state index in [1.807, 2.05) is 4.68 Å². The van der Waals surface area contributed by atoms with E-state index in [2.05, 4.69) is 47.6 Å². The first kappa shape index (κ1) is 16.9. The van der Waals surface area contributed by atoms with Crippen LogP contribution in [0.2, 0.25) is 0 Å². The van der Waals surface area contributed by atoms with Gasteiger partial charge in [0.1, 0.15) is 0 Å². The molecule has 0 radical (unpaired) electrons. The van der Waals surface area contributed by atoms with Gasteiger partial charge in [-0.25, -0.2) is 0 Å². The molecule has 23 heavy (non-hydrogen) atoms. The lowest BCUT2D eigenvalue weighted by Gasteiger charge is -2.45. The molecule has 1 aromatic rings. The Morgan fingerprint density at radius 2 is 2.30 bits per heavy atom. The van der Waals surface area contributed by atoms with Crippen molar-refractivity contribution in [1.29, 1.82) is 0 Å². The molecule has 6 nitrogen and oxygen atoms in total. The minimum absolute atomic E-state index is 0.375. The Morgan fingerprint density at radius 1 is 1.43 bits per heavy atom. The molecular weight excluding hydrogens is 290 g/mol. The van der Waals surface area contributed by atoms with E-state index in [4.69, 9.17) is 4.74 Å². The standard InChI is InChI=1S/C17H31N5O/c1-17(2)6-4-7-21(3)16(17)10-18-9-15-12-22(20-19-15)11-14-5-8-23-13-14/h12,14,16,18H,4-11,13H2,1-3H3. The second-order valence-corrected chi connectivity index (χ2v) is 7.88. The highest BCUT2D eigenvalue weighted by atomic mass is 16.5. The van der Waals surface area contributed by atoms with Gasteiger partial charge in [0.15, 0.2) is 0 Å². The van der Waals surface area contributed by atoms with E-state index in [0.29, 0.717) is 17.4 Å². The zero-order chi connectivity index (χ0) is 16.3. The first-order valence-corrected chi connectivity index (χ1v) is 8.92.